The number of aldehydes is 1. The third kappa shape index (κ3) is 3.22. The summed E-state index contributed by atoms with van der Waals surface area (Å²) in [4.78, 5) is 21.6. The fraction of sp³-hybridized carbons (Fsp3) is 0.273. The van der Waals surface area contributed by atoms with Crippen molar-refractivity contribution in [3.63, 3.8) is 0 Å². The molecule has 5 heteroatoms. The number of carbonyl (C=O) groups is 2. The van der Waals surface area contributed by atoms with E-state index in [1.165, 1.54) is 7.11 Å². The molecule has 0 saturated heterocycles. The minimum atomic E-state index is -0.299. The van der Waals surface area contributed by atoms with Crippen LogP contribution in [-0.2, 0) is 16.0 Å². The number of carbonyl (C=O) groups excluding carboxylic acids is 2. The molecule has 0 N–H and O–H groups in total. The molecule has 0 fully saturated rings. The van der Waals surface area contributed by atoms with Crippen LogP contribution in [0.15, 0.2) is 12.1 Å². The lowest BCUT2D eigenvalue weighted by atomic mass is 10.1. The summed E-state index contributed by atoms with van der Waals surface area (Å²) in [6.45, 7) is 0. The molecular weight excluding hydrogens is 251 g/mol. The van der Waals surface area contributed by atoms with Crippen molar-refractivity contribution in [3.05, 3.63) is 33.3 Å². The second kappa shape index (κ2) is 5.87. The average molecular weight is 261 g/mol. The van der Waals surface area contributed by atoms with Gasteiger partial charge in [-0.2, -0.15) is 0 Å². The first-order valence-electron chi connectivity index (χ1n) is 4.58. The molecule has 1 rings (SSSR count). The molecule has 0 heterocycles. The van der Waals surface area contributed by atoms with Crippen molar-refractivity contribution in [2.24, 2.45) is 0 Å². The van der Waals surface area contributed by atoms with E-state index in [0.29, 0.717) is 22.8 Å². The summed E-state index contributed by atoms with van der Waals surface area (Å²) in [5.74, 6) is -0.299. The molecular formula is C11H10Cl2O3. The van der Waals surface area contributed by atoms with Gasteiger partial charge in [-0.3, -0.25) is 9.59 Å². The van der Waals surface area contributed by atoms with Crippen molar-refractivity contribution in [2.45, 2.75) is 12.8 Å². The van der Waals surface area contributed by atoms with Crippen molar-refractivity contribution in [3.8, 4) is 0 Å². The molecule has 0 unspecified atom stereocenters. The van der Waals surface area contributed by atoms with Crippen molar-refractivity contribution in [1.29, 1.82) is 0 Å². The third-order valence-electron chi connectivity index (χ3n) is 2.10. The Hall–Kier alpha value is -1.06. The van der Waals surface area contributed by atoms with Gasteiger partial charge in [0.05, 0.1) is 22.7 Å². The predicted octanol–water partition coefficient (Wildman–Crippen LogP) is 2.91. The highest BCUT2D eigenvalue weighted by atomic mass is 35.5. The smallest absolute Gasteiger partial charge is 0.305 e. The molecule has 0 aliphatic heterocycles. The van der Waals surface area contributed by atoms with E-state index in [4.69, 9.17) is 23.2 Å². The molecule has 3 nitrogen and oxygen atoms in total. The molecule has 0 amide bonds. The Labute approximate surface area is 103 Å². The van der Waals surface area contributed by atoms with Crippen LogP contribution in [0.1, 0.15) is 22.3 Å². The number of ether oxygens (including phenoxy) is 1. The maximum atomic E-state index is 10.9. The normalized spacial score (nSPS) is 9.94. The van der Waals surface area contributed by atoms with Crippen LogP contribution in [0.25, 0.3) is 0 Å². The van der Waals surface area contributed by atoms with Gasteiger partial charge < -0.3 is 4.74 Å². The quantitative estimate of drug-likeness (QED) is 0.618. The molecule has 1 aromatic carbocycles. The van der Waals surface area contributed by atoms with Crippen LogP contribution >= 0.6 is 23.2 Å². The first-order valence-corrected chi connectivity index (χ1v) is 5.34. The lowest BCUT2D eigenvalue weighted by Gasteiger charge is -2.05. The van der Waals surface area contributed by atoms with E-state index in [-0.39, 0.29) is 18.0 Å². The topological polar surface area (TPSA) is 43.4 Å². The highest BCUT2D eigenvalue weighted by Gasteiger charge is 2.08. The molecule has 86 valence electrons. The summed E-state index contributed by atoms with van der Waals surface area (Å²) in [7, 11) is 1.33. The number of aryl methyl sites for hydroxylation is 1. The Morgan fingerprint density at radius 3 is 2.38 bits per heavy atom. The number of benzene rings is 1. The Morgan fingerprint density at radius 2 is 1.94 bits per heavy atom. The van der Waals surface area contributed by atoms with E-state index in [1.807, 2.05) is 0 Å². The van der Waals surface area contributed by atoms with Crippen LogP contribution in [0.5, 0.6) is 0 Å². The molecule has 0 radical (unpaired) electrons. The van der Waals surface area contributed by atoms with Gasteiger partial charge in [0.1, 0.15) is 0 Å². The van der Waals surface area contributed by atoms with Gasteiger partial charge in [0.2, 0.25) is 0 Å². The van der Waals surface area contributed by atoms with Crippen molar-refractivity contribution in [1.82, 2.24) is 0 Å². The molecule has 16 heavy (non-hydrogen) atoms. The fourth-order valence-corrected chi connectivity index (χ4v) is 1.86. The van der Waals surface area contributed by atoms with Gasteiger partial charge in [-0.1, -0.05) is 23.2 Å². The van der Waals surface area contributed by atoms with Crippen molar-refractivity contribution >= 4 is 35.5 Å². The molecule has 0 aliphatic rings. The van der Waals surface area contributed by atoms with Gasteiger partial charge in [-0.25, -0.2) is 0 Å². The van der Waals surface area contributed by atoms with Crippen LogP contribution < -0.4 is 0 Å². The summed E-state index contributed by atoms with van der Waals surface area (Å²) < 4.78 is 4.52. The summed E-state index contributed by atoms with van der Waals surface area (Å²) >= 11 is 11.7. The molecule has 0 aliphatic carbocycles. The number of rotatable bonds is 4. The average Bonchev–Trinajstić information content (AvgIpc) is 2.25. The molecule has 0 spiro atoms. The van der Waals surface area contributed by atoms with Crippen LogP contribution in [0.4, 0.5) is 0 Å². The zero-order chi connectivity index (χ0) is 12.1. The van der Waals surface area contributed by atoms with Gasteiger partial charge in [0.15, 0.2) is 6.29 Å². The Morgan fingerprint density at radius 1 is 1.38 bits per heavy atom. The monoisotopic (exact) mass is 260 g/mol. The Kier molecular flexibility index (Phi) is 4.77. The van der Waals surface area contributed by atoms with Crippen LogP contribution in [-0.4, -0.2) is 19.4 Å². The van der Waals surface area contributed by atoms with Crippen LogP contribution in [0.3, 0.4) is 0 Å². The number of hydrogen-bond donors (Lipinski definition) is 0. The largest absolute Gasteiger partial charge is 0.469 e. The SMILES string of the molecule is COC(=O)CCc1cc(Cl)c(C=O)c(Cl)c1. The molecule has 0 saturated carbocycles. The molecule has 0 bridgehead atoms. The summed E-state index contributed by atoms with van der Waals surface area (Å²) in [6.07, 6.45) is 1.34. The Balaban J connectivity index is 2.83. The maximum absolute atomic E-state index is 10.9. The highest BCUT2D eigenvalue weighted by molar-refractivity contribution is 6.38. The van der Waals surface area contributed by atoms with Gasteiger partial charge in [0.25, 0.3) is 0 Å². The Bertz CT molecular complexity index is 393. The third-order valence-corrected chi connectivity index (χ3v) is 2.73. The molecule has 0 aromatic heterocycles. The molecule has 0 atom stereocenters. The zero-order valence-electron chi connectivity index (χ0n) is 8.63. The lowest BCUT2D eigenvalue weighted by molar-refractivity contribution is -0.140. The minimum Gasteiger partial charge on any atom is -0.469 e. The lowest BCUT2D eigenvalue weighted by Crippen LogP contribution is -2.02. The number of halogens is 2. The van der Waals surface area contributed by atoms with E-state index in [9.17, 15) is 9.59 Å². The van der Waals surface area contributed by atoms with Crippen LogP contribution in [0, 0.1) is 0 Å². The van der Waals surface area contributed by atoms with Gasteiger partial charge in [-0.15, -0.1) is 0 Å². The van der Waals surface area contributed by atoms with Crippen molar-refractivity contribution < 1.29 is 14.3 Å². The van der Waals surface area contributed by atoms with E-state index in [1.54, 1.807) is 12.1 Å². The fourth-order valence-electron chi connectivity index (χ4n) is 1.24. The second-order valence-corrected chi connectivity index (χ2v) is 3.98. The van der Waals surface area contributed by atoms with E-state index in [2.05, 4.69) is 4.74 Å². The summed E-state index contributed by atoms with van der Waals surface area (Å²) in [5.41, 5.74) is 1.07. The summed E-state index contributed by atoms with van der Waals surface area (Å²) in [6, 6.07) is 3.25. The first kappa shape index (κ1) is 13.0. The molecule has 1 aromatic rings. The maximum Gasteiger partial charge on any atom is 0.305 e. The number of methoxy groups -OCH3 is 1. The minimum absolute atomic E-state index is 0.254. The summed E-state index contributed by atoms with van der Waals surface area (Å²) in [5, 5.41) is 0.588. The van der Waals surface area contributed by atoms with Gasteiger partial charge >= 0.3 is 5.97 Å². The van der Waals surface area contributed by atoms with Crippen LogP contribution in [0.2, 0.25) is 10.0 Å². The predicted molar refractivity (Wildman–Crippen MR) is 62.2 cm³/mol. The highest BCUT2D eigenvalue weighted by Crippen LogP contribution is 2.25. The second-order valence-electron chi connectivity index (χ2n) is 3.17. The van der Waals surface area contributed by atoms with Crippen molar-refractivity contribution in [2.75, 3.05) is 7.11 Å². The van der Waals surface area contributed by atoms with E-state index < -0.39 is 0 Å². The van der Waals surface area contributed by atoms with E-state index >= 15 is 0 Å². The van der Waals surface area contributed by atoms with E-state index in [0.717, 1.165) is 5.56 Å². The van der Waals surface area contributed by atoms with Gasteiger partial charge in [0, 0.05) is 6.42 Å². The standard InChI is InChI=1S/C11H10Cl2O3/c1-16-11(15)3-2-7-4-9(12)8(6-14)10(13)5-7/h4-6H,2-3H2,1H3. The number of hydrogen-bond acceptors (Lipinski definition) is 3. The first-order chi connectivity index (χ1) is 7.58. The zero-order valence-corrected chi connectivity index (χ0v) is 10.1. The number of esters is 1. The van der Waals surface area contributed by atoms with Gasteiger partial charge in [-0.05, 0) is 24.1 Å².